The molecule has 0 aromatic heterocycles. The monoisotopic (exact) mass is 340 g/mol. The second-order valence-corrected chi connectivity index (χ2v) is 6.67. The van der Waals surface area contributed by atoms with Crippen LogP contribution in [0.5, 0.6) is 0 Å². The maximum atomic E-state index is 11.7. The first kappa shape index (κ1) is 14.8. The van der Waals surface area contributed by atoms with E-state index in [1.807, 2.05) is 0 Å². The van der Waals surface area contributed by atoms with E-state index in [0.29, 0.717) is 23.7 Å². The first-order valence-corrected chi connectivity index (χ1v) is 7.87. The van der Waals surface area contributed by atoms with Crippen molar-refractivity contribution in [3.63, 3.8) is 0 Å². The minimum absolute atomic E-state index is 0.0662. The molecule has 0 fully saturated rings. The lowest BCUT2D eigenvalue weighted by Gasteiger charge is -2.09. The average molecular weight is 342 g/mol. The minimum atomic E-state index is -3.34. The van der Waals surface area contributed by atoms with Gasteiger partial charge in [0, 0.05) is 4.47 Å². The zero-order valence-corrected chi connectivity index (χ0v) is 12.5. The lowest BCUT2D eigenvalue weighted by Crippen LogP contribution is -2.20. The summed E-state index contributed by atoms with van der Waals surface area (Å²) >= 11 is 9.17. The summed E-state index contributed by atoms with van der Waals surface area (Å²) in [6, 6.07) is 5.02. The van der Waals surface area contributed by atoms with E-state index in [9.17, 15) is 8.42 Å². The van der Waals surface area contributed by atoms with Gasteiger partial charge in [0.2, 0.25) is 10.0 Å². The van der Waals surface area contributed by atoms with Gasteiger partial charge in [-0.1, -0.05) is 27.5 Å². The van der Waals surface area contributed by atoms with Crippen LogP contribution < -0.4 is 10.0 Å². The van der Waals surface area contributed by atoms with Gasteiger partial charge in [-0.3, -0.25) is 4.72 Å². The predicted octanol–water partition coefficient (Wildman–Crippen LogP) is 2.45. The van der Waals surface area contributed by atoms with Crippen LogP contribution in [0.3, 0.4) is 0 Å². The first-order valence-electron chi connectivity index (χ1n) is 5.05. The lowest BCUT2D eigenvalue weighted by molar-refractivity contribution is 0.597. The Morgan fingerprint density at radius 3 is 2.76 bits per heavy atom. The van der Waals surface area contributed by atoms with E-state index in [0.717, 1.165) is 4.47 Å². The fourth-order valence-electron chi connectivity index (χ4n) is 1.23. The smallest absolute Gasteiger partial charge is 0.232 e. The van der Waals surface area contributed by atoms with E-state index >= 15 is 0 Å². The third-order valence-corrected chi connectivity index (χ3v) is 4.21. The molecule has 0 aliphatic carbocycles. The van der Waals surface area contributed by atoms with Crippen molar-refractivity contribution in [2.75, 3.05) is 24.1 Å². The topological polar surface area (TPSA) is 58.2 Å². The number of nitrogens with one attached hydrogen (secondary N) is 2. The van der Waals surface area contributed by atoms with Crippen molar-refractivity contribution >= 4 is 43.2 Å². The van der Waals surface area contributed by atoms with Crippen molar-refractivity contribution in [1.82, 2.24) is 5.32 Å². The van der Waals surface area contributed by atoms with E-state index in [-0.39, 0.29) is 5.75 Å². The van der Waals surface area contributed by atoms with Crippen LogP contribution in [0.4, 0.5) is 5.69 Å². The van der Waals surface area contributed by atoms with Gasteiger partial charge < -0.3 is 5.32 Å². The molecule has 0 spiro atoms. The Bertz CT molecular complexity index is 479. The van der Waals surface area contributed by atoms with Crippen LogP contribution in [0.15, 0.2) is 22.7 Å². The lowest BCUT2D eigenvalue weighted by atomic mass is 10.3. The Labute approximate surface area is 115 Å². The third kappa shape index (κ3) is 5.25. The van der Waals surface area contributed by atoms with Crippen molar-refractivity contribution < 1.29 is 8.42 Å². The van der Waals surface area contributed by atoms with Gasteiger partial charge in [-0.15, -0.1) is 0 Å². The van der Waals surface area contributed by atoms with Gasteiger partial charge in [-0.25, -0.2) is 8.42 Å². The van der Waals surface area contributed by atoms with Crippen LogP contribution in [0.2, 0.25) is 5.02 Å². The van der Waals surface area contributed by atoms with E-state index in [1.165, 1.54) is 0 Å². The predicted molar refractivity (Wildman–Crippen MR) is 75.1 cm³/mol. The number of rotatable bonds is 6. The van der Waals surface area contributed by atoms with E-state index in [4.69, 9.17) is 11.6 Å². The summed E-state index contributed by atoms with van der Waals surface area (Å²) < 4.78 is 26.7. The molecule has 0 aliphatic rings. The molecule has 0 saturated carbocycles. The Balaban J connectivity index is 2.72. The molecule has 0 amide bonds. The van der Waals surface area contributed by atoms with Gasteiger partial charge in [0.25, 0.3) is 0 Å². The van der Waals surface area contributed by atoms with Crippen molar-refractivity contribution in [3.8, 4) is 0 Å². The fourth-order valence-corrected chi connectivity index (χ4v) is 2.95. The summed E-state index contributed by atoms with van der Waals surface area (Å²) in [4.78, 5) is 0. The number of anilines is 1. The number of sulfonamides is 1. The summed E-state index contributed by atoms with van der Waals surface area (Å²) in [6.07, 6.45) is 0.553. The molecule has 0 heterocycles. The van der Waals surface area contributed by atoms with E-state index in [2.05, 4.69) is 26.0 Å². The molecule has 0 radical (unpaired) electrons. The standard InChI is InChI=1S/C10H14BrClN2O2S/c1-13-5-2-6-17(15,16)14-10-7-8(11)3-4-9(10)12/h3-4,7,13-14H,2,5-6H2,1H3. The second-order valence-electron chi connectivity index (χ2n) is 3.50. The second kappa shape index (κ2) is 6.58. The molecule has 0 aliphatic heterocycles. The molecular formula is C10H14BrClN2O2S. The van der Waals surface area contributed by atoms with Gasteiger partial charge in [-0.2, -0.15) is 0 Å². The summed E-state index contributed by atoms with van der Waals surface area (Å²) in [5.41, 5.74) is 0.394. The van der Waals surface area contributed by atoms with Crippen molar-refractivity contribution in [2.45, 2.75) is 6.42 Å². The Morgan fingerprint density at radius 2 is 2.12 bits per heavy atom. The van der Waals surface area contributed by atoms with Gasteiger partial charge in [0.15, 0.2) is 0 Å². The van der Waals surface area contributed by atoms with Crippen molar-refractivity contribution in [1.29, 1.82) is 0 Å². The van der Waals surface area contributed by atoms with Gasteiger partial charge >= 0.3 is 0 Å². The van der Waals surface area contributed by atoms with Crippen molar-refractivity contribution in [2.24, 2.45) is 0 Å². The molecule has 0 bridgehead atoms. The molecule has 0 saturated heterocycles. The molecule has 1 rings (SSSR count). The molecule has 17 heavy (non-hydrogen) atoms. The summed E-state index contributed by atoms with van der Waals surface area (Å²) in [5.74, 6) is 0.0662. The zero-order chi connectivity index (χ0) is 12.9. The van der Waals surface area contributed by atoms with Gasteiger partial charge in [0.1, 0.15) is 0 Å². The highest BCUT2D eigenvalue weighted by atomic mass is 79.9. The first-order chi connectivity index (χ1) is 7.94. The van der Waals surface area contributed by atoms with E-state index < -0.39 is 10.0 Å². The summed E-state index contributed by atoms with van der Waals surface area (Å²) in [6.45, 7) is 0.660. The maximum absolute atomic E-state index is 11.7. The molecule has 0 atom stereocenters. The van der Waals surface area contributed by atoms with E-state index in [1.54, 1.807) is 25.2 Å². The average Bonchev–Trinajstić information content (AvgIpc) is 2.23. The highest BCUT2D eigenvalue weighted by molar-refractivity contribution is 9.10. The maximum Gasteiger partial charge on any atom is 0.232 e. The summed E-state index contributed by atoms with van der Waals surface area (Å²) in [7, 11) is -1.56. The van der Waals surface area contributed by atoms with Crippen LogP contribution in [-0.2, 0) is 10.0 Å². The number of hydrogen-bond donors (Lipinski definition) is 2. The SMILES string of the molecule is CNCCCS(=O)(=O)Nc1cc(Br)ccc1Cl. The van der Waals surface area contributed by atoms with Crippen LogP contribution in [0.25, 0.3) is 0 Å². The number of halogens is 2. The molecule has 4 nitrogen and oxygen atoms in total. The molecule has 96 valence electrons. The third-order valence-electron chi connectivity index (χ3n) is 2.03. The minimum Gasteiger partial charge on any atom is -0.320 e. The largest absolute Gasteiger partial charge is 0.320 e. The summed E-state index contributed by atoms with van der Waals surface area (Å²) in [5, 5.41) is 3.28. The Morgan fingerprint density at radius 1 is 1.41 bits per heavy atom. The van der Waals surface area contributed by atoms with Crippen LogP contribution in [0.1, 0.15) is 6.42 Å². The molecule has 0 unspecified atom stereocenters. The fraction of sp³-hybridized carbons (Fsp3) is 0.400. The molecule has 1 aromatic carbocycles. The normalized spacial score (nSPS) is 11.5. The van der Waals surface area contributed by atoms with Gasteiger partial charge in [-0.05, 0) is 38.2 Å². The number of hydrogen-bond acceptors (Lipinski definition) is 3. The van der Waals surface area contributed by atoms with Crippen molar-refractivity contribution in [3.05, 3.63) is 27.7 Å². The van der Waals surface area contributed by atoms with Gasteiger partial charge in [0.05, 0.1) is 16.5 Å². The quantitative estimate of drug-likeness (QED) is 0.781. The Hall–Kier alpha value is -0.300. The van der Waals surface area contributed by atoms with Crippen LogP contribution >= 0.6 is 27.5 Å². The molecule has 1 aromatic rings. The Kier molecular flexibility index (Phi) is 5.72. The molecular weight excluding hydrogens is 328 g/mol. The molecule has 2 N–H and O–H groups in total. The van der Waals surface area contributed by atoms with Crippen LogP contribution in [0, 0.1) is 0 Å². The van der Waals surface area contributed by atoms with Crippen LogP contribution in [-0.4, -0.2) is 27.8 Å². The zero-order valence-electron chi connectivity index (χ0n) is 9.33. The highest BCUT2D eigenvalue weighted by Gasteiger charge is 2.12. The highest BCUT2D eigenvalue weighted by Crippen LogP contribution is 2.26. The molecule has 7 heteroatoms. The number of benzene rings is 1.